The second-order valence-corrected chi connectivity index (χ2v) is 4.00. The standard InChI is InChI=1S/C13H7F3N2O3/c14-7-1-3-10(15)9(5-7)13(19)17-8-2-4-11(16)12(6-8)18(20)21/h1-6H,(H,17,19). The highest BCUT2D eigenvalue weighted by atomic mass is 19.1. The van der Waals surface area contributed by atoms with Crippen LogP contribution in [0.5, 0.6) is 0 Å². The molecule has 0 aliphatic carbocycles. The normalized spacial score (nSPS) is 10.2. The van der Waals surface area contributed by atoms with Gasteiger partial charge < -0.3 is 5.32 Å². The van der Waals surface area contributed by atoms with Crippen molar-refractivity contribution in [1.82, 2.24) is 0 Å². The van der Waals surface area contributed by atoms with Crippen LogP contribution in [-0.4, -0.2) is 10.8 Å². The molecule has 8 heteroatoms. The van der Waals surface area contributed by atoms with E-state index in [1.54, 1.807) is 0 Å². The summed E-state index contributed by atoms with van der Waals surface area (Å²) in [4.78, 5) is 21.4. The summed E-state index contributed by atoms with van der Waals surface area (Å²) in [7, 11) is 0. The van der Waals surface area contributed by atoms with Crippen molar-refractivity contribution in [1.29, 1.82) is 0 Å². The van der Waals surface area contributed by atoms with Crippen LogP contribution in [0.15, 0.2) is 36.4 Å². The number of nitro groups is 1. The molecule has 0 saturated heterocycles. The van der Waals surface area contributed by atoms with E-state index in [-0.39, 0.29) is 5.69 Å². The molecule has 2 rings (SSSR count). The Labute approximate surface area is 116 Å². The number of carbonyl (C=O) groups excluding carboxylic acids is 1. The summed E-state index contributed by atoms with van der Waals surface area (Å²) in [6.45, 7) is 0. The molecule has 5 nitrogen and oxygen atoms in total. The van der Waals surface area contributed by atoms with Crippen LogP contribution in [0.4, 0.5) is 24.5 Å². The Balaban J connectivity index is 2.29. The SMILES string of the molecule is O=C(Nc1ccc(F)c([N+](=O)[O-])c1)c1cc(F)ccc1F. The summed E-state index contributed by atoms with van der Waals surface area (Å²) >= 11 is 0. The molecule has 1 amide bonds. The second kappa shape index (κ2) is 5.61. The molecule has 0 atom stereocenters. The topological polar surface area (TPSA) is 72.2 Å². The van der Waals surface area contributed by atoms with Crippen molar-refractivity contribution in [3.63, 3.8) is 0 Å². The largest absolute Gasteiger partial charge is 0.322 e. The highest BCUT2D eigenvalue weighted by Crippen LogP contribution is 2.22. The van der Waals surface area contributed by atoms with Crippen molar-refractivity contribution in [3.05, 3.63) is 69.5 Å². The lowest BCUT2D eigenvalue weighted by Crippen LogP contribution is -2.14. The Morgan fingerprint density at radius 1 is 1.05 bits per heavy atom. The molecule has 0 aliphatic rings. The minimum atomic E-state index is -1.07. The van der Waals surface area contributed by atoms with Gasteiger partial charge in [0.1, 0.15) is 11.6 Å². The Morgan fingerprint density at radius 2 is 1.71 bits per heavy atom. The molecule has 0 saturated carbocycles. The second-order valence-electron chi connectivity index (χ2n) is 4.00. The number of carbonyl (C=O) groups is 1. The van der Waals surface area contributed by atoms with Crippen LogP contribution in [0.2, 0.25) is 0 Å². The van der Waals surface area contributed by atoms with Gasteiger partial charge in [-0.25, -0.2) is 8.78 Å². The molecule has 2 aromatic rings. The molecule has 1 N–H and O–H groups in total. The van der Waals surface area contributed by atoms with E-state index in [0.717, 1.165) is 30.3 Å². The number of amides is 1. The number of nitrogens with zero attached hydrogens (tertiary/aromatic N) is 1. The first-order chi connectivity index (χ1) is 9.88. The number of nitrogens with one attached hydrogen (secondary N) is 1. The Bertz CT molecular complexity index is 735. The van der Waals surface area contributed by atoms with E-state index in [0.29, 0.717) is 6.07 Å². The third-order valence-corrected chi connectivity index (χ3v) is 2.57. The Morgan fingerprint density at radius 3 is 2.38 bits per heavy atom. The predicted molar refractivity (Wildman–Crippen MR) is 67.4 cm³/mol. The summed E-state index contributed by atoms with van der Waals surface area (Å²) in [5, 5.41) is 12.7. The molecule has 0 heterocycles. The van der Waals surface area contributed by atoms with Crippen LogP contribution in [0.3, 0.4) is 0 Å². The lowest BCUT2D eigenvalue weighted by atomic mass is 10.2. The molecule has 0 aromatic heterocycles. The molecule has 0 radical (unpaired) electrons. The number of hydrogen-bond donors (Lipinski definition) is 1. The molecule has 0 bridgehead atoms. The fourth-order valence-corrected chi connectivity index (χ4v) is 1.60. The number of halogens is 3. The maximum Gasteiger partial charge on any atom is 0.306 e. The van der Waals surface area contributed by atoms with Gasteiger partial charge in [0.25, 0.3) is 5.91 Å². The number of benzene rings is 2. The van der Waals surface area contributed by atoms with Crippen LogP contribution in [-0.2, 0) is 0 Å². The van der Waals surface area contributed by atoms with Gasteiger partial charge in [0, 0.05) is 11.8 Å². The highest BCUT2D eigenvalue weighted by Gasteiger charge is 2.17. The molecule has 21 heavy (non-hydrogen) atoms. The number of nitro benzene ring substituents is 1. The summed E-state index contributed by atoms with van der Waals surface area (Å²) in [6.07, 6.45) is 0. The van der Waals surface area contributed by atoms with E-state index >= 15 is 0 Å². The Hall–Kier alpha value is -2.90. The van der Waals surface area contributed by atoms with Gasteiger partial charge in [-0.3, -0.25) is 14.9 Å². The van der Waals surface area contributed by atoms with Gasteiger partial charge in [0.05, 0.1) is 10.5 Å². The van der Waals surface area contributed by atoms with E-state index in [4.69, 9.17) is 0 Å². The third kappa shape index (κ3) is 3.16. The van der Waals surface area contributed by atoms with Gasteiger partial charge >= 0.3 is 5.69 Å². The minimum absolute atomic E-state index is 0.114. The first-order valence-electron chi connectivity index (χ1n) is 5.59. The number of rotatable bonds is 3. The van der Waals surface area contributed by atoms with Crippen molar-refractivity contribution in [2.45, 2.75) is 0 Å². The van der Waals surface area contributed by atoms with E-state index < -0.39 is 39.5 Å². The zero-order valence-corrected chi connectivity index (χ0v) is 10.3. The third-order valence-electron chi connectivity index (χ3n) is 2.57. The van der Waals surface area contributed by atoms with E-state index in [9.17, 15) is 28.1 Å². The molecule has 0 fully saturated rings. The summed E-state index contributed by atoms with van der Waals surface area (Å²) in [5.74, 6) is -3.85. The first-order valence-corrected chi connectivity index (χ1v) is 5.59. The van der Waals surface area contributed by atoms with Gasteiger partial charge in [0.15, 0.2) is 0 Å². The molecular weight excluding hydrogens is 289 g/mol. The van der Waals surface area contributed by atoms with Crippen LogP contribution in [0, 0.1) is 27.6 Å². The monoisotopic (exact) mass is 296 g/mol. The van der Waals surface area contributed by atoms with Gasteiger partial charge in [0.2, 0.25) is 5.82 Å². The molecular formula is C13H7F3N2O3. The van der Waals surface area contributed by atoms with Crippen LogP contribution < -0.4 is 5.32 Å². The van der Waals surface area contributed by atoms with Gasteiger partial charge in [-0.1, -0.05) is 0 Å². The number of anilines is 1. The number of hydrogen-bond acceptors (Lipinski definition) is 3. The summed E-state index contributed by atoms with van der Waals surface area (Å²) in [5.41, 5.74) is -1.52. The van der Waals surface area contributed by atoms with Gasteiger partial charge in [-0.05, 0) is 30.3 Å². The molecule has 108 valence electrons. The zero-order chi connectivity index (χ0) is 15.6. The molecule has 0 unspecified atom stereocenters. The quantitative estimate of drug-likeness (QED) is 0.698. The fraction of sp³-hybridized carbons (Fsp3) is 0. The average Bonchev–Trinajstić information content (AvgIpc) is 2.43. The van der Waals surface area contributed by atoms with Crippen molar-refractivity contribution >= 4 is 17.3 Å². The van der Waals surface area contributed by atoms with Crippen molar-refractivity contribution in [3.8, 4) is 0 Å². The Kier molecular flexibility index (Phi) is 3.88. The van der Waals surface area contributed by atoms with Crippen molar-refractivity contribution in [2.24, 2.45) is 0 Å². The van der Waals surface area contributed by atoms with E-state index in [2.05, 4.69) is 5.32 Å². The van der Waals surface area contributed by atoms with Crippen molar-refractivity contribution < 1.29 is 22.9 Å². The summed E-state index contributed by atoms with van der Waals surface area (Å²) < 4.78 is 39.5. The lowest BCUT2D eigenvalue weighted by molar-refractivity contribution is -0.387. The predicted octanol–water partition coefficient (Wildman–Crippen LogP) is 3.26. The maximum atomic E-state index is 13.4. The first kappa shape index (κ1) is 14.5. The molecule has 2 aromatic carbocycles. The highest BCUT2D eigenvalue weighted by molar-refractivity contribution is 6.04. The van der Waals surface area contributed by atoms with Crippen LogP contribution >= 0.6 is 0 Å². The maximum absolute atomic E-state index is 13.4. The van der Waals surface area contributed by atoms with E-state index in [1.807, 2.05) is 0 Å². The zero-order valence-electron chi connectivity index (χ0n) is 10.3. The molecule has 0 spiro atoms. The smallest absolute Gasteiger partial charge is 0.306 e. The lowest BCUT2D eigenvalue weighted by Gasteiger charge is -2.06. The van der Waals surface area contributed by atoms with Gasteiger partial charge in [-0.15, -0.1) is 0 Å². The van der Waals surface area contributed by atoms with Crippen molar-refractivity contribution in [2.75, 3.05) is 5.32 Å². The molecule has 0 aliphatic heterocycles. The fourth-order valence-electron chi connectivity index (χ4n) is 1.60. The van der Waals surface area contributed by atoms with Gasteiger partial charge in [-0.2, -0.15) is 4.39 Å². The van der Waals surface area contributed by atoms with Crippen LogP contribution in [0.1, 0.15) is 10.4 Å². The van der Waals surface area contributed by atoms with E-state index in [1.165, 1.54) is 0 Å². The summed E-state index contributed by atoms with van der Waals surface area (Å²) in [6, 6.07) is 4.94. The minimum Gasteiger partial charge on any atom is -0.322 e. The van der Waals surface area contributed by atoms with Crippen LogP contribution in [0.25, 0.3) is 0 Å². The average molecular weight is 296 g/mol.